The van der Waals surface area contributed by atoms with E-state index in [1.165, 1.54) is 5.30 Å². The van der Waals surface area contributed by atoms with Crippen LogP contribution in [0, 0.1) is 11.3 Å². The molecule has 0 aliphatic carbocycles. The number of hydrogen-bond acceptors (Lipinski definition) is 1. The average molecular weight is 177 g/mol. The normalized spacial score (nSPS) is 12.0. The van der Waals surface area contributed by atoms with Gasteiger partial charge in [-0.15, -0.1) is 0 Å². The highest BCUT2D eigenvalue weighted by molar-refractivity contribution is 7.64. The molecule has 1 rings (SSSR count). The van der Waals surface area contributed by atoms with Crippen molar-refractivity contribution < 1.29 is 0 Å². The van der Waals surface area contributed by atoms with Crippen molar-refractivity contribution in [3.05, 3.63) is 30.3 Å². The molecule has 1 nitrogen and oxygen atoms in total. The molecule has 0 saturated carbocycles. The Bertz CT molecular complexity index is 263. The minimum absolute atomic E-state index is 0.104. The molecule has 0 amide bonds. The van der Waals surface area contributed by atoms with Gasteiger partial charge in [0.2, 0.25) is 0 Å². The lowest BCUT2D eigenvalue weighted by Gasteiger charge is -2.09. The van der Waals surface area contributed by atoms with E-state index in [4.69, 9.17) is 5.26 Å². The summed E-state index contributed by atoms with van der Waals surface area (Å²) in [6.45, 7) is 2.22. The highest BCUT2D eigenvalue weighted by Crippen LogP contribution is 2.29. The summed E-state index contributed by atoms with van der Waals surface area (Å²) in [5, 5.41) is 9.81. The fourth-order valence-electron chi connectivity index (χ4n) is 1.03. The molecule has 0 bridgehead atoms. The van der Waals surface area contributed by atoms with Gasteiger partial charge in [0, 0.05) is 6.42 Å². The second-order valence-corrected chi connectivity index (χ2v) is 5.02. The molecular weight excluding hydrogens is 165 g/mol. The smallest absolute Gasteiger partial charge is 0.0625 e. The SMILES string of the molecule is CP(CCC#N)c1ccccc1. The van der Waals surface area contributed by atoms with Gasteiger partial charge in [0.25, 0.3) is 0 Å². The van der Waals surface area contributed by atoms with Crippen molar-refractivity contribution in [1.82, 2.24) is 0 Å². The standard InChI is InChI=1S/C10H12NP/c1-12(9-5-8-11)10-6-3-2-4-7-10/h2-4,6-7H,5,9H2,1H3. The second-order valence-electron chi connectivity index (χ2n) is 2.67. The van der Waals surface area contributed by atoms with Crippen LogP contribution in [0.15, 0.2) is 30.3 Å². The van der Waals surface area contributed by atoms with Crippen LogP contribution in [-0.2, 0) is 0 Å². The van der Waals surface area contributed by atoms with Crippen LogP contribution in [0.25, 0.3) is 0 Å². The molecule has 1 aromatic rings. The third-order valence-electron chi connectivity index (χ3n) is 1.76. The highest BCUT2D eigenvalue weighted by atomic mass is 31.1. The van der Waals surface area contributed by atoms with Crippen molar-refractivity contribution in [3.63, 3.8) is 0 Å². The fourth-order valence-corrected chi connectivity index (χ4v) is 2.40. The lowest BCUT2D eigenvalue weighted by Crippen LogP contribution is -2.00. The third-order valence-corrected chi connectivity index (χ3v) is 3.83. The largest absolute Gasteiger partial charge is 0.198 e. The predicted octanol–water partition coefficient (Wildman–Crippen LogP) is 2.34. The molecule has 0 aliphatic rings. The van der Waals surface area contributed by atoms with E-state index >= 15 is 0 Å². The number of benzene rings is 1. The summed E-state index contributed by atoms with van der Waals surface area (Å²) < 4.78 is 0. The van der Waals surface area contributed by atoms with E-state index in [0.717, 1.165) is 6.16 Å². The van der Waals surface area contributed by atoms with Crippen LogP contribution >= 0.6 is 7.92 Å². The van der Waals surface area contributed by atoms with Gasteiger partial charge in [-0.2, -0.15) is 5.26 Å². The lowest BCUT2D eigenvalue weighted by atomic mass is 10.4. The molecule has 0 aromatic heterocycles. The van der Waals surface area contributed by atoms with Gasteiger partial charge in [-0.25, -0.2) is 0 Å². The molecule has 12 heavy (non-hydrogen) atoms. The molecule has 0 spiro atoms. The summed E-state index contributed by atoms with van der Waals surface area (Å²) >= 11 is 0. The van der Waals surface area contributed by atoms with E-state index in [1.807, 2.05) is 6.07 Å². The topological polar surface area (TPSA) is 23.8 Å². The summed E-state index contributed by atoms with van der Waals surface area (Å²) in [5.74, 6) is 0. The molecule has 62 valence electrons. The van der Waals surface area contributed by atoms with Crippen LogP contribution in [0.1, 0.15) is 6.42 Å². The van der Waals surface area contributed by atoms with Gasteiger partial charge in [0.15, 0.2) is 0 Å². The van der Waals surface area contributed by atoms with E-state index in [2.05, 4.69) is 37.0 Å². The zero-order valence-electron chi connectivity index (χ0n) is 7.20. The van der Waals surface area contributed by atoms with Crippen LogP contribution < -0.4 is 5.30 Å². The number of hydrogen-bond donors (Lipinski definition) is 0. The highest BCUT2D eigenvalue weighted by Gasteiger charge is 2.01. The van der Waals surface area contributed by atoms with Crippen LogP contribution in [0.2, 0.25) is 0 Å². The van der Waals surface area contributed by atoms with Crippen LogP contribution in [0.4, 0.5) is 0 Å². The van der Waals surface area contributed by atoms with Gasteiger partial charge >= 0.3 is 0 Å². The zero-order chi connectivity index (χ0) is 8.81. The Morgan fingerprint density at radius 2 is 2.00 bits per heavy atom. The maximum Gasteiger partial charge on any atom is 0.0625 e. The molecule has 0 heterocycles. The van der Waals surface area contributed by atoms with Crippen LogP contribution in [-0.4, -0.2) is 12.8 Å². The monoisotopic (exact) mass is 177 g/mol. The maximum absolute atomic E-state index is 8.42. The summed E-state index contributed by atoms with van der Waals surface area (Å²) in [6, 6.07) is 12.6. The van der Waals surface area contributed by atoms with Gasteiger partial charge in [0.05, 0.1) is 6.07 Å². The maximum atomic E-state index is 8.42. The van der Waals surface area contributed by atoms with Crippen molar-refractivity contribution in [2.75, 3.05) is 12.8 Å². The van der Waals surface area contributed by atoms with Crippen molar-refractivity contribution in [1.29, 1.82) is 5.26 Å². The Kier molecular flexibility index (Phi) is 3.77. The molecule has 1 atom stereocenters. The number of nitrogens with zero attached hydrogens (tertiary/aromatic N) is 1. The quantitative estimate of drug-likeness (QED) is 0.650. The third kappa shape index (κ3) is 2.64. The fraction of sp³-hybridized carbons (Fsp3) is 0.300. The van der Waals surface area contributed by atoms with Gasteiger partial charge in [-0.3, -0.25) is 0 Å². The summed E-state index contributed by atoms with van der Waals surface area (Å²) in [6.07, 6.45) is 1.70. The summed E-state index contributed by atoms with van der Waals surface area (Å²) in [7, 11) is -0.104. The van der Waals surface area contributed by atoms with Crippen molar-refractivity contribution in [2.45, 2.75) is 6.42 Å². The first-order valence-corrected chi connectivity index (χ1v) is 5.95. The molecule has 0 aliphatic heterocycles. The molecule has 1 unspecified atom stereocenters. The second kappa shape index (κ2) is 4.91. The number of rotatable bonds is 3. The van der Waals surface area contributed by atoms with Gasteiger partial charge in [0.1, 0.15) is 0 Å². The zero-order valence-corrected chi connectivity index (χ0v) is 8.09. The Morgan fingerprint density at radius 1 is 1.33 bits per heavy atom. The van der Waals surface area contributed by atoms with Crippen molar-refractivity contribution >= 4 is 13.2 Å². The first-order valence-electron chi connectivity index (χ1n) is 3.97. The molecule has 1 aromatic carbocycles. The molecular formula is C10H12NP. The summed E-state index contributed by atoms with van der Waals surface area (Å²) in [5.41, 5.74) is 0. The van der Waals surface area contributed by atoms with E-state index in [0.29, 0.717) is 6.42 Å². The minimum atomic E-state index is -0.104. The van der Waals surface area contributed by atoms with Gasteiger partial charge in [-0.1, -0.05) is 38.3 Å². The summed E-state index contributed by atoms with van der Waals surface area (Å²) in [4.78, 5) is 0. The van der Waals surface area contributed by atoms with E-state index < -0.39 is 0 Å². The van der Waals surface area contributed by atoms with Gasteiger partial charge in [-0.05, 0) is 18.1 Å². The van der Waals surface area contributed by atoms with Crippen molar-refractivity contribution in [3.8, 4) is 6.07 Å². The predicted molar refractivity (Wildman–Crippen MR) is 54.0 cm³/mol. The Morgan fingerprint density at radius 3 is 2.58 bits per heavy atom. The lowest BCUT2D eigenvalue weighted by molar-refractivity contribution is 1.23. The Labute approximate surface area is 74.8 Å². The van der Waals surface area contributed by atoms with Gasteiger partial charge < -0.3 is 0 Å². The minimum Gasteiger partial charge on any atom is -0.198 e. The molecule has 0 radical (unpaired) electrons. The number of nitriles is 1. The first kappa shape index (κ1) is 9.23. The average Bonchev–Trinajstić information content (AvgIpc) is 2.15. The van der Waals surface area contributed by atoms with Crippen LogP contribution in [0.5, 0.6) is 0 Å². The molecule has 0 N–H and O–H groups in total. The van der Waals surface area contributed by atoms with E-state index in [-0.39, 0.29) is 7.92 Å². The van der Waals surface area contributed by atoms with Crippen LogP contribution in [0.3, 0.4) is 0 Å². The first-order chi connectivity index (χ1) is 5.84. The van der Waals surface area contributed by atoms with E-state index in [1.54, 1.807) is 0 Å². The Balaban J connectivity index is 2.55. The Hall–Kier alpha value is -0.860. The molecule has 0 saturated heterocycles. The molecule has 0 fully saturated rings. The van der Waals surface area contributed by atoms with E-state index in [9.17, 15) is 0 Å². The molecule has 2 heteroatoms. The van der Waals surface area contributed by atoms with Crippen molar-refractivity contribution in [2.24, 2.45) is 0 Å².